The number of rotatable bonds is 17. The lowest BCUT2D eigenvalue weighted by molar-refractivity contribution is 0.0781. The smallest absolute Gasteiger partial charge is 0.253 e. The Labute approximate surface area is 311 Å². The maximum Gasteiger partial charge on any atom is 0.253 e. The van der Waals surface area contributed by atoms with Gasteiger partial charge < -0.3 is 38.6 Å². The van der Waals surface area contributed by atoms with E-state index in [2.05, 4.69) is 45.1 Å². The van der Waals surface area contributed by atoms with Crippen molar-refractivity contribution in [2.45, 2.75) is 44.2 Å². The van der Waals surface area contributed by atoms with Crippen molar-refractivity contribution in [1.82, 2.24) is 19.4 Å². The van der Waals surface area contributed by atoms with E-state index in [0.717, 1.165) is 68.8 Å². The first kappa shape index (κ1) is 37.5. The van der Waals surface area contributed by atoms with Crippen LogP contribution in [0.15, 0.2) is 91.0 Å². The summed E-state index contributed by atoms with van der Waals surface area (Å²) in [5.74, 6) is 2.69. The molecule has 53 heavy (non-hydrogen) atoms. The third-order valence-electron chi connectivity index (χ3n) is 10.0. The summed E-state index contributed by atoms with van der Waals surface area (Å²) < 4.78 is 37.8. The second-order valence-electron chi connectivity index (χ2n) is 13.5. The van der Waals surface area contributed by atoms with Crippen LogP contribution in [0.25, 0.3) is 11.0 Å². The van der Waals surface area contributed by atoms with Gasteiger partial charge >= 0.3 is 0 Å². The van der Waals surface area contributed by atoms with Crippen LogP contribution in [0.5, 0.6) is 23.0 Å². The number of para-hydroxylation sites is 2. The Morgan fingerprint density at radius 2 is 1.58 bits per heavy atom. The van der Waals surface area contributed by atoms with E-state index in [1.165, 1.54) is 17.7 Å². The van der Waals surface area contributed by atoms with Crippen LogP contribution in [-0.4, -0.2) is 92.5 Å². The van der Waals surface area contributed by atoms with Crippen LogP contribution in [0.4, 0.5) is 10.3 Å². The molecule has 1 atom stereocenters. The lowest BCUT2D eigenvalue weighted by Gasteiger charge is -2.34. The molecule has 10 nitrogen and oxygen atoms in total. The third-order valence-corrected chi connectivity index (χ3v) is 10.0. The first-order valence-electron chi connectivity index (χ1n) is 18.3. The number of carbonyl (C=O) groups is 1. The maximum atomic E-state index is 13.7. The summed E-state index contributed by atoms with van der Waals surface area (Å²) in [7, 11) is 6.50. The Morgan fingerprint density at radius 1 is 0.906 bits per heavy atom. The number of carbonyl (C=O) groups excluding carboxylic acids is 1. The number of aryl methyl sites for hydroxylation is 1. The van der Waals surface area contributed by atoms with Crippen LogP contribution in [0.3, 0.4) is 0 Å². The summed E-state index contributed by atoms with van der Waals surface area (Å²) in [6.45, 7) is 4.74. The zero-order valence-electron chi connectivity index (χ0n) is 31.1. The number of fused-ring (bicyclic) bond motifs is 1. The molecule has 0 bridgehead atoms. The van der Waals surface area contributed by atoms with Gasteiger partial charge in [0.15, 0.2) is 11.5 Å². The normalized spacial score (nSPS) is 14.1. The molecule has 1 saturated heterocycles. The maximum absolute atomic E-state index is 13.7. The van der Waals surface area contributed by atoms with Crippen molar-refractivity contribution in [2.75, 3.05) is 66.5 Å². The van der Waals surface area contributed by atoms with Gasteiger partial charge in [-0.15, -0.1) is 0 Å². The molecule has 1 N–H and O–H groups in total. The molecule has 0 spiro atoms. The SMILES string of the molecule is COc1cc(C(=O)N(C)CC(CCN2CCC(Nc3nc4ccccc4n3CCCOc3ccc(F)cc3)CC2)c2ccccc2)cc(OC)c1OC. The van der Waals surface area contributed by atoms with E-state index in [9.17, 15) is 9.18 Å². The lowest BCUT2D eigenvalue weighted by atomic mass is 9.94. The van der Waals surface area contributed by atoms with Crippen molar-refractivity contribution < 1.29 is 28.1 Å². The van der Waals surface area contributed by atoms with Gasteiger partial charge in [0.05, 0.1) is 39.0 Å². The van der Waals surface area contributed by atoms with Crippen LogP contribution in [0, 0.1) is 5.82 Å². The van der Waals surface area contributed by atoms with Crippen molar-refractivity contribution in [2.24, 2.45) is 0 Å². The average molecular weight is 724 g/mol. The lowest BCUT2D eigenvalue weighted by Crippen LogP contribution is -2.40. The zero-order chi connectivity index (χ0) is 37.2. The molecule has 11 heteroatoms. The quantitative estimate of drug-likeness (QED) is 0.0988. The van der Waals surface area contributed by atoms with Crippen molar-refractivity contribution >= 4 is 22.9 Å². The van der Waals surface area contributed by atoms with Gasteiger partial charge in [0.2, 0.25) is 11.7 Å². The second-order valence-corrected chi connectivity index (χ2v) is 13.5. The molecule has 0 saturated carbocycles. The standard InChI is InChI=1S/C42H50FN5O5/c1-46(41(49)32-27-38(50-2)40(52-4)39(28-32)51-3)29-31(30-11-6-5-7-12-30)19-23-47-24-20-34(21-25-47)44-42-45-36-13-8-9-14-37(36)48(42)22-10-26-53-35-17-15-33(43)16-18-35/h5-9,11-18,27-28,31,34H,10,19-26,29H2,1-4H3,(H,44,45). The molecule has 1 unspecified atom stereocenters. The number of hydrogen-bond acceptors (Lipinski definition) is 8. The Balaban J connectivity index is 1.04. The Hall–Kier alpha value is -5.29. The highest BCUT2D eigenvalue weighted by Gasteiger charge is 2.25. The summed E-state index contributed by atoms with van der Waals surface area (Å²) in [4.78, 5) is 23.0. The number of aromatic nitrogens is 2. The van der Waals surface area contributed by atoms with Crippen LogP contribution in [0.1, 0.15) is 47.5 Å². The molecule has 0 radical (unpaired) electrons. The number of halogens is 1. The number of amides is 1. The fourth-order valence-electron chi connectivity index (χ4n) is 7.10. The minimum atomic E-state index is -0.272. The largest absolute Gasteiger partial charge is 0.494 e. The molecule has 1 aliphatic heterocycles. The number of piperidine rings is 1. The minimum absolute atomic E-state index is 0.108. The van der Waals surface area contributed by atoms with Gasteiger partial charge in [-0.25, -0.2) is 9.37 Å². The van der Waals surface area contributed by atoms with Crippen molar-refractivity contribution in [3.8, 4) is 23.0 Å². The van der Waals surface area contributed by atoms with E-state index in [1.54, 1.807) is 50.5 Å². The second kappa shape index (κ2) is 18.0. The van der Waals surface area contributed by atoms with Crippen LogP contribution in [-0.2, 0) is 6.54 Å². The first-order valence-corrected chi connectivity index (χ1v) is 18.3. The number of nitrogens with one attached hydrogen (secondary N) is 1. The molecule has 4 aromatic carbocycles. The van der Waals surface area contributed by atoms with Gasteiger partial charge in [-0.1, -0.05) is 42.5 Å². The van der Waals surface area contributed by atoms with Gasteiger partial charge in [0.25, 0.3) is 5.91 Å². The number of ether oxygens (including phenoxy) is 4. The summed E-state index contributed by atoms with van der Waals surface area (Å²) in [5, 5.41) is 3.77. The van der Waals surface area contributed by atoms with Crippen LogP contribution >= 0.6 is 0 Å². The van der Waals surface area contributed by atoms with Gasteiger partial charge in [0.1, 0.15) is 11.6 Å². The van der Waals surface area contributed by atoms with Gasteiger partial charge in [0, 0.05) is 50.7 Å². The van der Waals surface area contributed by atoms with Crippen LogP contribution < -0.4 is 24.3 Å². The monoisotopic (exact) mass is 723 g/mol. The molecular weight excluding hydrogens is 673 g/mol. The fraction of sp³-hybridized carbons (Fsp3) is 0.381. The van der Waals surface area contributed by atoms with Gasteiger partial charge in [-0.05, 0) is 86.3 Å². The fourth-order valence-corrected chi connectivity index (χ4v) is 7.10. The number of likely N-dealkylation sites (N-methyl/N-ethyl adjacent to an activating group) is 1. The van der Waals surface area contributed by atoms with Gasteiger partial charge in [-0.3, -0.25) is 4.79 Å². The molecule has 5 aromatic rings. The highest BCUT2D eigenvalue weighted by Crippen LogP contribution is 2.38. The van der Waals surface area contributed by atoms with E-state index in [0.29, 0.717) is 47.8 Å². The number of nitrogens with zero attached hydrogens (tertiary/aromatic N) is 4. The minimum Gasteiger partial charge on any atom is -0.494 e. The Bertz CT molecular complexity index is 1900. The Morgan fingerprint density at radius 3 is 2.26 bits per heavy atom. The molecule has 2 heterocycles. The van der Waals surface area contributed by atoms with Crippen molar-refractivity contribution in [3.05, 3.63) is 108 Å². The molecule has 1 aliphatic rings. The number of likely N-dealkylation sites (tertiary alicyclic amines) is 1. The summed E-state index contributed by atoms with van der Waals surface area (Å²) in [6, 6.07) is 28.5. The first-order chi connectivity index (χ1) is 25.9. The number of methoxy groups -OCH3 is 3. The van der Waals surface area contributed by atoms with Crippen molar-refractivity contribution in [1.29, 1.82) is 0 Å². The molecular formula is C42H50FN5O5. The molecule has 280 valence electrons. The molecule has 1 fully saturated rings. The van der Waals surface area contributed by atoms with Crippen LogP contribution in [0.2, 0.25) is 0 Å². The third kappa shape index (κ3) is 9.39. The topological polar surface area (TPSA) is 90.3 Å². The highest BCUT2D eigenvalue weighted by atomic mass is 19.1. The number of hydrogen-bond donors (Lipinski definition) is 1. The average Bonchev–Trinajstić information content (AvgIpc) is 3.54. The van der Waals surface area contributed by atoms with E-state index in [-0.39, 0.29) is 17.6 Å². The van der Waals surface area contributed by atoms with E-state index < -0.39 is 0 Å². The van der Waals surface area contributed by atoms with E-state index in [1.807, 2.05) is 31.3 Å². The molecule has 1 aromatic heterocycles. The predicted octanol–water partition coefficient (Wildman–Crippen LogP) is 7.49. The van der Waals surface area contributed by atoms with E-state index >= 15 is 0 Å². The van der Waals surface area contributed by atoms with Crippen molar-refractivity contribution in [3.63, 3.8) is 0 Å². The number of benzene rings is 4. The van der Waals surface area contributed by atoms with E-state index in [4.69, 9.17) is 23.9 Å². The summed E-state index contributed by atoms with van der Waals surface area (Å²) >= 11 is 0. The molecule has 6 rings (SSSR count). The Kier molecular flexibility index (Phi) is 12.7. The van der Waals surface area contributed by atoms with Gasteiger partial charge in [-0.2, -0.15) is 0 Å². The number of anilines is 1. The highest BCUT2D eigenvalue weighted by molar-refractivity contribution is 5.95. The zero-order valence-corrected chi connectivity index (χ0v) is 31.1. The summed E-state index contributed by atoms with van der Waals surface area (Å²) in [6.07, 6.45) is 3.72. The molecule has 0 aliphatic carbocycles. The number of imidazole rings is 1. The molecule has 1 amide bonds. The predicted molar refractivity (Wildman–Crippen MR) is 206 cm³/mol. The summed E-state index contributed by atoms with van der Waals surface area (Å²) in [5.41, 5.74) is 3.76.